The maximum absolute atomic E-state index is 12.5. The standard InChI is InChI=1S/C14H13N3O5/c1-15-12(18)6-5-11(14(15)20)16-7-9-8(13(16)19)3-2-4-10(9)17(21)22/h2-4,11H,5-7H2,1H3. The zero-order chi connectivity index (χ0) is 16.0. The number of rotatable bonds is 2. The lowest BCUT2D eigenvalue weighted by atomic mass is 10.0. The van der Waals surface area contributed by atoms with Gasteiger partial charge in [-0.3, -0.25) is 29.4 Å². The van der Waals surface area contributed by atoms with Gasteiger partial charge < -0.3 is 4.90 Å². The third kappa shape index (κ3) is 1.95. The van der Waals surface area contributed by atoms with Crippen molar-refractivity contribution >= 4 is 23.4 Å². The molecule has 0 aliphatic carbocycles. The first-order valence-electron chi connectivity index (χ1n) is 6.79. The van der Waals surface area contributed by atoms with Crippen molar-refractivity contribution in [2.45, 2.75) is 25.4 Å². The van der Waals surface area contributed by atoms with Crippen LogP contribution in [-0.2, 0) is 16.1 Å². The number of nitrogens with zero attached hydrogens (tertiary/aromatic N) is 3. The average molecular weight is 303 g/mol. The topological polar surface area (TPSA) is 101 Å². The van der Waals surface area contributed by atoms with Gasteiger partial charge in [-0.1, -0.05) is 6.07 Å². The monoisotopic (exact) mass is 303 g/mol. The predicted octanol–water partition coefficient (Wildman–Crippen LogP) is 0.698. The molecule has 0 N–H and O–H groups in total. The summed E-state index contributed by atoms with van der Waals surface area (Å²) in [6.45, 7) is 0.0176. The molecule has 0 bridgehead atoms. The molecule has 2 aliphatic heterocycles. The number of nitro benzene ring substituents is 1. The number of nitro groups is 1. The Morgan fingerprint density at radius 1 is 1.27 bits per heavy atom. The van der Waals surface area contributed by atoms with Crippen LogP contribution in [-0.4, -0.2) is 45.5 Å². The number of benzene rings is 1. The number of hydrogen-bond acceptors (Lipinski definition) is 5. The van der Waals surface area contributed by atoms with Crippen LogP contribution in [0.15, 0.2) is 18.2 Å². The summed E-state index contributed by atoms with van der Waals surface area (Å²) in [6.07, 6.45) is 0.421. The molecule has 3 rings (SSSR count). The molecule has 3 amide bonds. The highest BCUT2D eigenvalue weighted by Crippen LogP contribution is 2.33. The lowest BCUT2D eigenvalue weighted by Crippen LogP contribution is -2.53. The molecule has 1 fully saturated rings. The van der Waals surface area contributed by atoms with Crippen LogP contribution in [0, 0.1) is 10.1 Å². The van der Waals surface area contributed by atoms with Crippen molar-refractivity contribution in [2.24, 2.45) is 0 Å². The van der Waals surface area contributed by atoms with Gasteiger partial charge in [-0.25, -0.2) is 0 Å². The highest BCUT2D eigenvalue weighted by atomic mass is 16.6. The van der Waals surface area contributed by atoms with Gasteiger partial charge in [0.05, 0.1) is 22.6 Å². The van der Waals surface area contributed by atoms with E-state index in [2.05, 4.69) is 0 Å². The van der Waals surface area contributed by atoms with Crippen LogP contribution in [0.25, 0.3) is 0 Å². The van der Waals surface area contributed by atoms with E-state index in [0.717, 1.165) is 4.90 Å². The third-order valence-electron chi connectivity index (χ3n) is 4.17. The Kier molecular flexibility index (Phi) is 3.16. The summed E-state index contributed by atoms with van der Waals surface area (Å²) in [5.74, 6) is -1.13. The summed E-state index contributed by atoms with van der Waals surface area (Å²) in [6, 6.07) is 3.57. The van der Waals surface area contributed by atoms with E-state index in [4.69, 9.17) is 0 Å². The Morgan fingerprint density at radius 2 is 2.00 bits per heavy atom. The predicted molar refractivity (Wildman–Crippen MR) is 73.8 cm³/mol. The van der Waals surface area contributed by atoms with Crippen molar-refractivity contribution in [1.29, 1.82) is 0 Å². The highest BCUT2D eigenvalue weighted by Gasteiger charge is 2.43. The molecule has 1 unspecified atom stereocenters. The Balaban J connectivity index is 1.95. The fraction of sp³-hybridized carbons (Fsp3) is 0.357. The summed E-state index contributed by atoms with van der Waals surface area (Å²) >= 11 is 0. The Hall–Kier alpha value is -2.77. The summed E-state index contributed by atoms with van der Waals surface area (Å²) in [4.78, 5) is 49.1. The van der Waals surface area contributed by atoms with Crippen molar-refractivity contribution in [1.82, 2.24) is 9.80 Å². The fourth-order valence-electron chi connectivity index (χ4n) is 2.95. The average Bonchev–Trinajstić information content (AvgIpc) is 2.82. The molecule has 1 saturated heterocycles. The lowest BCUT2D eigenvalue weighted by molar-refractivity contribution is -0.385. The van der Waals surface area contributed by atoms with Gasteiger partial charge in [0.25, 0.3) is 17.5 Å². The van der Waals surface area contributed by atoms with Crippen molar-refractivity contribution in [2.75, 3.05) is 7.05 Å². The molecular weight excluding hydrogens is 290 g/mol. The molecule has 0 spiro atoms. The van der Waals surface area contributed by atoms with Crippen LogP contribution in [0.2, 0.25) is 0 Å². The van der Waals surface area contributed by atoms with Gasteiger partial charge in [-0.15, -0.1) is 0 Å². The molecule has 8 heteroatoms. The molecule has 1 aromatic rings. The van der Waals surface area contributed by atoms with E-state index in [1.54, 1.807) is 0 Å². The van der Waals surface area contributed by atoms with E-state index < -0.39 is 22.8 Å². The van der Waals surface area contributed by atoms with Gasteiger partial charge in [-0.2, -0.15) is 0 Å². The van der Waals surface area contributed by atoms with Crippen LogP contribution in [0.3, 0.4) is 0 Å². The minimum absolute atomic E-state index is 0.0176. The van der Waals surface area contributed by atoms with Crippen LogP contribution >= 0.6 is 0 Å². The van der Waals surface area contributed by atoms with Gasteiger partial charge in [0.15, 0.2) is 0 Å². The van der Waals surface area contributed by atoms with Crippen LogP contribution in [0.5, 0.6) is 0 Å². The van der Waals surface area contributed by atoms with Gasteiger partial charge in [-0.05, 0) is 12.5 Å². The van der Waals surface area contributed by atoms with Crippen LogP contribution in [0.4, 0.5) is 5.69 Å². The number of amides is 3. The SMILES string of the molecule is CN1C(=O)CCC(N2Cc3c(cccc3[N+](=O)[O-])C2=O)C1=O. The van der Waals surface area contributed by atoms with Crippen LogP contribution < -0.4 is 0 Å². The number of likely N-dealkylation sites (N-methyl/N-ethyl adjacent to an activating group) is 1. The van der Waals surface area contributed by atoms with Gasteiger partial charge >= 0.3 is 0 Å². The van der Waals surface area contributed by atoms with Crippen LogP contribution in [0.1, 0.15) is 28.8 Å². The third-order valence-corrected chi connectivity index (χ3v) is 4.17. The molecule has 8 nitrogen and oxygen atoms in total. The quantitative estimate of drug-likeness (QED) is 0.454. The van der Waals surface area contributed by atoms with Gasteiger partial charge in [0.1, 0.15) is 6.04 Å². The molecule has 114 valence electrons. The maximum Gasteiger partial charge on any atom is 0.275 e. The highest BCUT2D eigenvalue weighted by molar-refractivity contribution is 6.05. The van der Waals surface area contributed by atoms with E-state index in [9.17, 15) is 24.5 Å². The minimum Gasteiger partial charge on any atom is -0.322 e. The molecule has 0 aromatic heterocycles. The first-order valence-corrected chi connectivity index (χ1v) is 6.79. The molecule has 1 atom stereocenters. The van der Waals surface area contributed by atoms with Gasteiger partial charge in [0, 0.05) is 19.5 Å². The Bertz CT molecular complexity index is 714. The molecule has 2 heterocycles. The maximum atomic E-state index is 12.5. The van der Waals surface area contributed by atoms with E-state index in [-0.39, 0.29) is 36.5 Å². The fourth-order valence-corrected chi connectivity index (χ4v) is 2.95. The smallest absolute Gasteiger partial charge is 0.275 e. The molecule has 2 aliphatic rings. The van der Waals surface area contributed by atoms with E-state index >= 15 is 0 Å². The number of piperidine rings is 1. The molecular formula is C14H13N3O5. The van der Waals surface area contributed by atoms with Gasteiger partial charge in [0.2, 0.25) is 5.91 Å². The second-order valence-corrected chi connectivity index (χ2v) is 5.34. The normalized spacial score (nSPS) is 21.3. The molecule has 0 saturated carbocycles. The summed E-state index contributed by atoms with van der Waals surface area (Å²) < 4.78 is 0. The number of fused-ring (bicyclic) bond motifs is 1. The number of carbonyl (C=O) groups excluding carboxylic acids is 3. The molecule has 1 aromatic carbocycles. The van der Waals surface area contributed by atoms with E-state index in [1.165, 1.54) is 30.1 Å². The van der Waals surface area contributed by atoms with Crippen molar-refractivity contribution in [3.63, 3.8) is 0 Å². The largest absolute Gasteiger partial charge is 0.322 e. The Labute approximate surface area is 125 Å². The van der Waals surface area contributed by atoms with E-state index in [1.807, 2.05) is 0 Å². The summed E-state index contributed by atoms with van der Waals surface area (Å²) in [5, 5.41) is 11.1. The number of imide groups is 1. The van der Waals surface area contributed by atoms with Crippen molar-refractivity contribution in [3.8, 4) is 0 Å². The summed E-state index contributed by atoms with van der Waals surface area (Å²) in [7, 11) is 1.38. The van der Waals surface area contributed by atoms with Crippen molar-refractivity contribution < 1.29 is 19.3 Å². The first-order chi connectivity index (χ1) is 10.4. The molecule has 22 heavy (non-hydrogen) atoms. The second kappa shape index (κ2) is 4.90. The lowest BCUT2D eigenvalue weighted by Gasteiger charge is -2.33. The number of hydrogen-bond donors (Lipinski definition) is 0. The first kappa shape index (κ1) is 14.2. The minimum atomic E-state index is -0.748. The van der Waals surface area contributed by atoms with Crippen molar-refractivity contribution in [3.05, 3.63) is 39.4 Å². The zero-order valence-electron chi connectivity index (χ0n) is 11.8. The molecule has 0 radical (unpaired) electrons. The Morgan fingerprint density at radius 3 is 2.68 bits per heavy atom. The number of likely N-dealkylation sites (tertiary alicyclic amines) is 1. The summed E-state index contributed by atoms with van der Waals surface area (Å²) in [5.41, 5.74) is 0.451. The second-order valence-electron chi connectivity index (χ2n) is 5.34. The number of carbonyl (C=O) groups is 3. The van der Waals surface area contributed by atoms with E-state index in [0.29, 0.717) is 5.56 Å². The zero-order valence-corrected chi connectivity index (χ0v) is 11.8.